The molecule has 1 heterocycles. The van der Waals surface area contributed by atoms with Crippen molar-refractivity contribution < 1.29 is 9.53 Å². The summed E-state index contributed by atoms with van der Waals surface area (Å²) in [6, 6.07) is 10.6. The van der Waals surface area contributed by atoms with Crippen molar-refractivity contribution in [3.8, 4) is 0 Å². The molecule has 1 aliphatic rings. The number of carbonyl (C=O) groups is 1. The van der Waals surface area contributed by atoms with Gasteiger partial charge in [-0.2, -0.15) is 0 Å². The zero-order valence-electron chi connectivity index (χ0n) is 13.4. The first kappa shape index (κ1) is 15.8. The van der Waals surface area contributed by atoms with Crippen LogP contribution in [0, 0.1) is 0 Å². The molecule has 1 amide bonds. The van der Waals surface area contributed by atoms with E-state index in [0.29, 0.717) is 0 Å². The first-order chi connectivity index (χ1) is 9.92. The van der Waals surface area contributed by atoms with Crippen LogP contribution in [0.1, 0.15) is 45.2 Å². The summed E-state index contributed by atoms with van der Waals surface area (Å²) in [6.07, 6.45) is 1.82. The fourth-order valence-electron chi connectivity index (χ4n) is 2.93. The van der Waals surface area contributed by atoms with Crippen molar-refractivity contribution in [2.75, 3.05) is 13.6 Å². The molecule has 2 rings (SSSR count). The Bertz CT molecular complexity index is 467. The molecule has 0 radical (unpaired) electrons. The molecule has 1 fully saturated rings. The summed E-state index contributed by atoms with van der Waals surface area (Å²) in [4.78, 5) is 14.3. The Balaban J connectivity index is 2.15. The largest absolute Gasteiger partial charge is 0.444 e. The first-order valence-electron chi connectivity index (χ1n) is 7.64. The van der Waals surface area contributed by atoms with E-state index in [-0.39, 0.29) is 18.2 Å². The molecule has 4 nitrogen and oxygen atoms in total. The number of nitrogens with zero attached hydrogens (tertiary/aromatic N) is 1. The van der Waals surface area contributed by atoms with Gasteiger partial charge in [-0.15, -0.1) is 0 Å². The van der Waals surface area contributed by atoms with Crippen LogP contribution < -0.4 is 5.32 Å². The second-order valence-corrected chi connectivity index (χ2v) is 6.56. The summed E-state index contributed by atoms with van der Waals surface area (Å²) in [5.74, 6) is 0. The third-order valence-corrected chi connectivity index (χ3v) is 3.78. The number of benzene rings is 1. The molecule has 0 unspecified atom stereocenters. The van der Waals surface area contributed by atoms with E-state index in [1.54, 1.807) is 0 Å². The number of ether oxygens (including phenoxy) is 1. The highest BCUT2D eigenvalue weighted by molar-refractivity contribution is 5.69. The van der Waals surface area contributed by atoms with Gasteiger partial charge in [-0.1, -0.05) is 30.3 Å². The van der Waals surface area contributed by atoms with Crippen LogP contribution in [0.4, 0.5) is 4.79 Å². The van der Waals surface area contributed by atoms with Gasteiger partial charge in [0.05, 0.1) is 12.1 Å². The summed E-state index contributed by atoms with van der Waals surface area (Å²) in [6.45, 7) is 6.48. The molecule has 0 spiro atoms. The fourth-order valence-corrected chi connectivity index (χ4v) is 2.93. The standard InChI is InChI=1S/C17H26N2O2/c1-17(2,3)21-16(20)19-12-8-11-14(19)15(18-4)13-9-6-5-7-10-13/h5-7,9-10,14-15,18H,8,11-12H2,1-4H3/t14-,15+/m1/s1. The zero-order valence-corrected chi connectivity index (χ0v) is 13.4. The normalized spacial score (nSPS) is 20.4. The molecule has 4 heteroatoms. The SMILES string of the molecule is CN[C@@H](c1ccccc1)[C@H]1CCCN1C(=O)OC(C)(C)C. The summed E-state index contributed by atoms with van der Waals surface area (Å²) >= 11 is 0. The van der Waals surface area contributed by atoms with E-state index in [2.05, 4.69) is 17.4 Å². The lowest BCUT2D eigenvalue weighted by Crippen LogP contribution is -2.45. The van der Waals surface area contributed by atoms with Crippen LogP contribution in [0.25, 0.3) is 0 Å². The maximum atomic E-state index is 12.4. The number of rotatable bonds is 3. The second-order valence-electron chi connectivity index (χ2n) is 6.56. The van der Waals surface area contributed by atoms with E-state index >= 15 is 0 Å². The summed E-state index contributed by atoms with van der Waals surface area (Å²) in [5, 5.41) is 3.36. The van der Waals surface area contributed by atoms with Crippen molar-refractivity contribution in [1.29, 1.82) is 0 Å². The molecule has 0 saturated carbocycles. The quantitative estimate of drug-likeness (QED) is 0.928. The van der Waals surface area contributed by atoms with Gasteiger partial charge in [0, 0.05) is 6.54 Å². The third kappa shape index (κ3) is 3.97. The van der Waals surface area contributed by atoms with Gasteiger partial charge < -0.3 is 15.0 Å². The van der Waals surface area contributed by atoms with Gasteiger partial charge >= 0.3 is 6.09 Å². The highest BCUT2D eigenvalue weighted by Crippen LogP contribution is 2.30. The predicted octanol–water partition coefficient (Wildman–Crippen LogP) is 3.35. The van der Waals surface area contributed by atoms with Crippen molar-refractivity contribution in [1.82, 2.24) is 10.2 Å². The van der Waals surface area contributed by atoms with Gasteiger partial charge in [-0.05, 0) is 46.2 Å². The molecule has 0 aliphatic carbocycles. The van der Waals surface area contributed by atoms with E-state index in [1.165, 1.54) is 5.56 Å². The summed E-state index contributed by atoms with van der Waals surface area (Å²) < 4.78 is 5.54. The van der Waals surface area contributed by atoms with E-state index in [9.17, 15) is 4.79 Å². The number of likely N-dealkylation sites (N-methyl/N-ethyl adjacent to an activating group) is 1. The van der Waals surface area contributed by atoms with Crippen LogP contribution in [-0.2, 0) is 4.74 Å². The van der Waals surface area contributed by atoms with Gasteiger partial charge in [0.2, 0.25) is 0 Å². The van der Waals surface area contributed by atoms with Crippen molar-refractivity contribution in [2.45, 2.75) is 51.3 Å². The van der Waals surface area contributed by atoms with Gasteiger partial charge in [-0.25, -0.2) is 4.79 Å². The van der Waals surface area contributed by atoms with E-state index in [4.69, 9.17) is 4.74 Å². The van der Waals surface area contributed by atoms with Crippen LogP contribution in [0.3, 0.4) is 0 Å². The lowest BCUT2D eigenvalue weighted by atomic mass is 9.97. The topological polar surface area (TPSA) is 41.6 Å². The highest BCUT2D eigenvalue weighted by Gasteiger charge is 2.36. The maximum absolute atomic E-state index is 12.4. The smallest absolute Gasteiger partial charge is 0.410 e. The maximum Gasteiger partial charge on any atom is 0.410 e. The van der Waals surface area contributed by atoms with Gasteiger partial charge in [-0.3, -0.25) is 0 Å². The van der Waals surface area contributed by atoms with Crippen molar-refractivity contribution >= 4 is 6.09 Å². The van der Waals surface area contributed by atoms with Crippen molar-refractivity contribution in [2.24, 2.45) is 0 Å². The minimum atomic E-state index is -0.452. The summed E-state index contributed by atoms with van der Waals surface area (Å²) in [7, 11) is 1.95. The molecule has 2 atom stereocenters. The Hall–Kier alpha value is -1.55. The predicted molar refractivity (Wildman–Crippen MR) is 84.2 cm³/mol. The summed E-state index contributed by atoms with van der Waals surface area (Å²) in [5.41, 5.74) is 0.756. The molecule has 21 heavy (non-hydrogen) atoms. The average molecular weight is 290 g/mol. The Labute approximate surface area is 127 Å². The number of nitrogens with one attached hydrogen (secondary N) is 1. The Kier molecular flexibility index (Phi) is 4.88. The number of likely N-dealkylation sites (tertiary alicyclic amines) is 1. The first-order valence-corrected chi connectivity index (χ1v) is 7.64. The molecular formula is C17H26N2O2. The van der Waals surface area contributed by atoms with Crippen molar-refractivity contribution in [3.63, 3.8) is 0 Å². The molecule has 1 aliphatic heterocycles. The number of carbonyl (C=O) groups excluding carboxylic acids is 1. The molecular weight excluding hydrogens is 264 g/mol. The van der Waals surface area contributed by atoms with Crippen molar-refractivity contribution in [3.05, 3.63) is 35.9 Å². The van der Waals surface area contributed by atoms with Crippen LogP contribution in [0.2, 0.25) is 0 Å². The molecule has 1 aromatic rings. The number of amides is 1. The van der Waals surface area contributed by atoms with Crippen LogP contribution >= 0.6 is 0 Å². The number of hydrogen-bond donors (Lipinski definition) is 1. The zero-order chi connectivity index (χ0) is 15.5. The monoisotopic (exact) mass is 290 g/mol. The molecule has 116 valence electrons. The lowest BCUT2D eigenvalue weighted by molar-refractivity contribution is 0.0197. The fraction of sp³-hybridized carbons (Fsp3) is 0.588. The molecule has 0 aromatic heterocycles. The van der Waals surface area contributed by atoms with Crippen LogP contribution in [0.5, 0.6) is 0 Å². The molecule has 0 bridgehead atoms. The molecule has 1 saturated heterocycles. The minimum Gasteiger partial charge on any atom is -0.444 e. The van der Waals surface area contributed by atoms with E-state index in [1.807, 2.05) is 50.9 Å². The average Bonchev–Trinajstić information content (AvgIpc) is 2.88. The minimum absolute atomic E-state index is 0.140. The van der Waals surface area contributed by atoms with Gasteiger partial charge in [0.15, 0.2) is 0 Å². The third-order valence-electron chi connectivity index (χ3n) is 3.78. The van der Waals surface area contributed by atoms with Gasteiger partial charge in [0.1, 0.15) is 5.60 Å². The Morgan fingerprint density at radius 3 is 2.57 bits per heavy atom. The Morgan fingerprint density at radius 2 is 2.00 bits per heavy atom. The van der Waals surface area contributed by atoms with E-state index in [0.717, 1.165) is 19.4 Å². The second kappa shape index (κ2) is 6.48. The highest BCUT2D eigenvalue weighted by atomic mass is 16.6. The molecule has 1 N–H and O–H groups in total. The van der Waals surface area contributed by atoms with Crippen LogP contribution in [0.15, 0.2) is 30.3 Å². The Morgan fingerprint density at radius 1 is 1.33 bits per heavy atom. The molecule has 1 aromatic carbocycles. The van der Waals surface area contributed by atoms with Gasteiger partial charge in [0.25, 0.3) is 0 Å². The number of hydrogen-bond acceptors (Lipinski definition) is 3. The lowest BCUT2D eigenvalue weighted by Gasteiger charge is -2.33. The van der Waals surface area contributed by atoms with E-state index < -0.39 is 5.60 Å². The van der Waals surface area contributed by atoms with Crippen LogP contribution in [-0.4, -0.2) is 36.2 Å².